The van der Waals surface area contributed by atoms with E-state index in [2.05, 4.69) is 0 Å². The molecule has 0 nitrogen and oxygen atoms in total. The van der Waals surface area contributed by atoms with Crippen LogP contribution in [0.1, 0.15) is 27.6 Å². The van der Waals surface area contributed by atoms with Crippen molar-refractivity contribution in [3.63, 3.8) is 0 Å². The molecule has 0 saturated heterocycles. The summed E-state index contributed by atoms with van der Waals surface area (Å²) >= 11 is 6.34. The smallest absolute Gasteiger partial charge is 0.159 e. The fraction of sp³-hybridized carbons (Fsp3) is 0.200. The maximum absolute atomic E-state index is 13.2. The molecule has 18 heavy (non-hydrogen) atoms. The van der Waals surface area contributed by atoms with Crippen molar-refractivity contribution in [1.29, 1.82) is 0 Å². The second-order valence-electron chi connectivity index (χ2n) is 4.40. The van der Waals surface area contributed by atoms with E-state index in [1.165, 1.54) is 6.07 Å². The Balaban J connectivity index is 2.44. The Hall–Kier alpha value is -1.41. The summed E-state index contributed by atoms with van der Waals surface area (Å²) in [5.74, 6) is -1.73. The Bertz CT molecular complexity index is 579. The molecule has 1 atom stereocenters. The summed E-state index contributed by atoms with van der Waals surface area (Å²) in [7, 11) is 0. The highest BCUT2D eigenvalue weighted by molar-refractivity contribution is 6.22. The minimum absolute atomic E-state index is 0.472. The van der Waals surface area contributed by atoms with Gasteiger partial charge in [0.2, 0.25) is 0 Å². The van der Waals surface area contributed by atoms with Crippen LogP contribution in [-0.4, -0.2) is 0 Å². The fourth-order valence-electron chi connectivity index (χ4n) is 1.88. The van der Waals surface area contributed by atoms with Crippen molar-refractivity contribution in [2.75, 3.05) is 0 Å². The number of benzene rings is 2. The van der Waals surface area contributed by atoms with Gasteiger partial charge in [0.15, 0.2) is 11.6 Å². The van der Waals surface area contributed by atoms with E-state index >= 15 is 0 Å². The fourth-order valence-corrected chi connectivity index (χ4v) is 2.25. The highest BCUT2D eigenvalue weighted by Crippen LogP contribution is 2.32. The van der Waals surface area contributed by atoms with Gasteiger partial charge in [0, 0.05) is 0 Å². The van der Waals surface area contributed by atoms with Gasteiger partial charge < -0.3 is 0 Å². The van der Waals surface area contributed by atoms with Gasteiger partial charge in [-0.1, -0.05) is 29.8 Å². The minimum atomic E-state index is -0.872. The Kier molecular flexibility index (Phi) is 3.67. The predicted octanol–water partition coefficient (Wildman–Crippen LogP) is 4.91. The zero-order chi connectivity index (χ0) is 13.3. The molecule has 0 saturated carbocycles. The highest BCUT2D eigenvalue weighted by Gasteiger charge is 2.15. The van der Waals surface area contributed by atoms with Crippen molar-refractivity contribution in [1.82, 2.24) is 0 Å². The molecule has 0 heterocycles. The zero-order valence-electron chi connectivity index (χ0n) is 10.2. The summed E-state index contributed by atoms with van der Waals surface area (Å²) in [6, 6.07) is 9.69. The lowest BCUT2D eigenvalue weighted by Crippen LogP contribution is -1.98. The van der Waals surface area contributed by atoms with E-state index in [0.717, 1.165) is 28.8 Å². The predicted molar refractivity (Wildman–Crippen MR) is 70.0 cm³/mol. The van der Waals surface area contributed by atoms with Crippen LogP contribution in [0.5, 0.6) is 0 Å². The Morgan fingerprint density at radius 3 is 2.33 bits per heavy atom. The second-order valence-corrected chi connectivity index (χ2v) is 4.83. The molecule has 0 amide bonds. The normalized spacial score (nSPS) is 12.5. The summed E-state index contributed by atoms with van der Waals surface area (Å²) in [6.07, 6.45) is 0. The van der Waals surface area contributed by atoms with E-state index in [0.29, 0.717) is 5.56 Å². The summed E-state index contributed by atoms with van der Waals surface area (Å²) in [4.78, 5) is 0. The van der Waals surface area contributed by atoms with E-state index in [4.69, 9.17) is 11.6 Å². The largest absolute Gasteiger partial charge is 0.204 e. The minimum Gasteiger partial charge on any atom is -0.204 e. The van der Waals surface area contributed by atoms with Crippen molar-refractivity contribution in [3.8, 4) is 0 Å². The van der Waals surface area contributed by atoms with Crippen molar-refractivity contribution in [2.45, 2.75) is 19.2 Å². The number of halogens is 3. The number of aryl methyl sites for hydroxylation is 2. The maximum atomic E-state index is 13.2. The lowest BCUT2D eigenvalue weighted by Gasteiger charge is -2.14. The van der Waals surface area contributed by atoms with E-state index in [-0.39, 0.29) is 0 Å². The van der Waals surface area contributed by atoms with Crippen LogP contribution in [0.25, 0.3) is 0 Å². The van der Waals surface area contributed by atoms with Crippen LogP contribution in [0.4, 0.5) is 8.78 Å². The van der Waals surface area contributed by atoms with Crippen LogP contribution in [0, 0.1) is 25.5 Å². The van der Waals surface area contributed by atoms with Crippen LogP contribution in [-0.2, 0) is 0 Å². The first kappa shape index (κ1) is 13.0. The van der Waals surface area contributed by atoms with Gasteiger partial charge in [0.1, 0.15) is 0 Å². The van der Waals surface area contributed by atoms with Gasteiger partial charge in [0.25, 0.3) is 0 Å². The van der Waals surface area contributed by atoms with Gasteiger partial charge >= 0.3 is 0 Å². The van der Waals surface area contributed by atoms with Gasteiger partial charge in [-0.05, 0) is 42.7 Å². The number of hydrogen-bond acceptors (Lipinski definition) is 0. The molecule has 0 aliphatic carbocycles. The lowest BCUT2D eigenvalue weighted by atomic mass is 9.98. The molecule has 0 aliphatic heterocycles. The molecule has 0 bridgehead atoms. The number of hydrogen-bond donors (Lipinski definition) is 0. The topological polar surface area (TPSA) is 0 Å². The quantitative estimate of drug-likeness (QED) is 0.678. The SMILES string of the molecule is Cc1ccc(C)c(C(Cl)c2ccc(F)c(F)c2)c1. The molecule has 2 rings (SSSR count). The second kappa shape index (κ2) is 5.07. The molecular weight excluding hydrogens is 254 g/mol. The summed E-state index contributed by atoms with van der Waals surface area (Å²) in [5, 5.41) is -0.472. The van der Waals surface area contributed by atoms with Crippen molar-refractivity contribution in [2.24, 2.45) is 0 Å². The van der Waals surface area contributed by atoms with Gasteiger partial charge in [-0.25, -0.2) is 8.78 Å². The molecule has 2 aromatic rings. The number of rotatable bonds is 2. The molecule has 0 radical (unpaired) electrons. The zero-order valence-corrected chi connectivity index (χ0v) is 10.9. The summed E-state index contributed by atoms with van der Waals surface area (Å²) in [5.41, 5.74) is 3.60. The monoisotopic (exact) mass is 266 g/mol. The number of alkyl halides is 1. The molecule has 94 valence electrons. The van der Waals surface area contributed by atoms with Crippen molar-refractivity contribution >= 4 is 11.6 Å². The van der Waals surface area contributed by atoms with Crippen LogP contribution in [0.3, 0.4) is 0 Å². The van der Waals surface area contributed by atoms with Crippen molar-refractivity contribution < 1.29 is 8.78 Å². The molecule has 3 heteroatoms. The van der Waals surface area contributed by atoms with Crippen LogP contribution in [0.2, 0.25) is 0 Å². The molecule has 0 fully saturated rings. The van der Waals surface area contributed by atoms with Gasteiger partial charge in [-0.3, -0.25) is 0 Å². The summed E-state index contributed by atoms with van der Waals surface area (Å²) in [6.45, 7) is 3.92. The van der Waals surface area contributed by atoms with Gasteiger partial charge in [-0.15, -0.1) is 11.6 Å². The van der Waals surface area contributed by atoms with E-state index in [1.54, 1.807) is 0 Å². The van der Waals surface area contributed by atoms with E-state index in [1.807, 2.05) is 32.0 Å². The first-order valence-corrected chi connectivity index (χ1v) is 6.09. The molecule has 0 aromatic heterocycles. The molecule has 1 unspecified atom stereocenters. The molecule has 2 aromatic carbocycles. The average molecular weight is 267 g/mol. The maximum Gasteiger partial charge on any atom is 0.159 e. The molecule has 0 N–H and O–H groups in total. The molecule has 0 spiro atoms. The highest BCUT2D eigenvalue weighted by atomic mass is 35.5. The molecule has 0 aliphatic rings. The van der Waals surface area contributed by atoms with Crippen LogP contribution in [0.15, 0.2) is 36.4 Å². The van der Waals surface area contributed by atoms with Gasteiger partial charge in [0.05, 0.1) is 5.38 Å². The first-order valence-electron chi connectivity index (χ1n) is 5.65. The Morgan fingerprint density at radius 1 is 0.944 bits per heavy atom. The third kappa shape index (κ3) is 2.54. The van der Waals surface area contributed by atoms with Crippen LogP contribution >= 0.6 is 11.6 Å². The van der Waals surface area contributed by atoms with Gasteiger partial charge in [-0.2, -0.15) is 0 Å². The van der Waals surface area contributed by atoms with E-state index < -0.39 is 17.0 Å². The molecular formula is C15H13ClF2. The third-order valence-corrected chi connectivity index (χ3v) is 3.43. The Labute approximate surface area is 110 Å². The first-order chi connectivity index (χ1) is 8.49. The summed E-state index contributed by atoms with van der Waals surface area (Å²) < 4.78 is 26.1. The van der Waals surface area contributed by atoms with Crippen molar-refractivity contribution in [3.05, 3.63) is 70.3 Å². The Morgan fingerprint density at radius 2 is 1.67 bits per heavy atom. The third-order valence-electron chi connectivity index (χ3n) is 2.94. The average Bonchev–Trinajstić information content (AvgIpc) is 2.35. The standard InChI is InChI=1S/C15H13ClF2/c1-9-3-4-10(2)12(7-9)15(16)11-5-6-13(17)14(18)8-11/h3-8,15H,1-2H3. The van der Waals surface area contributed by atoms with Crippen LogP contribution < -0.4 is 0 Å². The van der Waals surface area contributed by atoms with E-state index in [9.17, 15) is 8.78 Å². The lowest BCUT2D eigenvalue weighted by molar-refractivity contribution is 0.507.